The van der Waals surface area contributed by atoms with E-state index in [0.717, 1.165) is 6.42 Å². The minimum atomic E-state index is -0.583. The summed E-state index contributed by atoms with van der Waals surface area (Å²) in [4.78, 5) is 10.9. The Hall–Kier alpha value is -2.36. The Balaban J connectivity index is 2.33. The van der Waals surface area contributed by atoms with E-state index in [1.165, 1.54) is 18.2 Å². The minimum absolute atomic E-state index is 0.0879. The van der Waals surface area contributed by atoms with Crippen LogP contribution in [0.4, 0.5) is 4.39 Å². The van der Waals surface area contributed by atoms with Gasteiger partial charge in [-0.3, -0.25) is 4.79 Å². The van der Waals surface area contributed by atoms with Gasteiger partial charge in [0, 0.05) is 0 Å². The summed E-state index contributed by atoms with van der Waals surface area (Å²) in [6, 6.07) is 11.2. The zero-order valence-corrected chi connectivity index (χ0v) is 11.1. The maximum absolute atomic E-state index is 13.8. The summed E-state index contributed by atoms with van der Waals surface area (Å²) >= 11 is 0. The molecule has 0 amide bonds. The molecule has 20 heavy (non-hydrogen) atoms. The Labute approximate surface area is 117 Å². The Morgan fingerprint density at radius 1 is 1.10 bits per heavy atom. The summed E-state index contributed by atoms with van der Waals surface area (Å²) in [6.07, 6.45) is 1.42. The molecule has 0 atom stereocenters. The van der Waals surface area contributed by atoms with Crippen LogP contribution < -0.4 is 9.47 Å². The quantitative estimate of drug-likeness (QED) is 0.740. The average molecular weight is 274 g/mol. The SMILES string of the molecule is CCCOc1ccccc1Oc1c(F)cccc1C=O. The molecule has 0 N–H and O–H groups in total. The monoisotopic (exact) mass is 274 g/mol. The van der Waals surface area contributed by atoms with Gasteiger partial charge in [-0.15, -0.1) is 0 Å². The number of carbonyl (C=O) groups is 1. The van der Waals surface area contributed by atoms with Gasteiger partial charge < -0.3 is 9.47 Å². The highest BCUT2D eigenvalue weighted by Gasteiger charge is 2.13. The molecule has 0 spiro atoms. The molecule has 0 saturated heterocycles. The second-order valence-corrected chi connectivity index (χ2v) is 4.17. The van der Waals surface area contributed by atoms with E-state index in [0.29, 0.717) is 24.4 Å². The molecule has 2 rings (SSSR count). The fourth-order valence-corrected chi connectivity index (χ4v) is 1.70. The molecule has 0 saturated carbocycles. The molecule has 0 heterocycles. The molecule has 3 nitrogen and oxygen atoms in total. The first-order valence-electron chi connectivity index (χ1n) is 6.39. The molecule has 0 aromatic heterocycles. The minimum Gasteiger partial charge on any atom is -0.490 e. The number of para-hydroxylation sites is 3. The number of carbonyl (C=O) groups excluding carboxylic acids is 1. The van der Waals surface area contributed by atoms with Crippen molar-refractivity contribution in [3.63, 3.8) is 0 Å². The van der Waals surface area contributed by atoms with E-state index in [1.807, 2.05) is 6.92 Å². The van der Waals surface area contributed by atoms with E-state index in [4.69, 9.17) is 9.47 Å². The maximum Gasteiger partial charge on any atom is 0.173 e. The Bertz CT molecular complexity index is 596. The summed E-state index contributed by atoms with van der Waals surface area (Å²) in [5.41, 5.74) is 0.162. The van der Waals surface area contributed by atoms with E-state index < -0.39 is 5.82 Å². The van der Waals surface area contributed by atoms with Gasteiger partial charge in [0.1, 0.15) is 0 Å². The predicted octanol–water partition coefficient (Wildman–Crippen LogP) is 4.22. The number of halogens is 1. The van der Waals surface area contributed by atoms with Crippen molar-refractivity contribution in [3.8, 4) is 17.2 Å². The van der Waals surface area contributed by atoms with Crippen molar-refractivity contribution >= 4 is 6.29 Å². The molecule has 4 heteroatoms. The highest BCUT2D eigenvalue weighted by atomic mass is 19.1. The molecule has 0 bridgehead atoms. The Morgan fingerprint density at radius 2 is 1.85 bits per heavy atom. The van der Waals surface area contributed by atoms with E-state index >= 15 is 0 Å². The third kappa shape index (κ3) is 3.15. The van der Waals surface area contributed by atoms with E-state index in [2.05, 4.69) is 0 Å². The van der Waals surface area contributed by atoms with Gasteiger partial charge in [0.15, 0.2) is 29.4 Å². The number of hydrogen-bond acceptors (Lipinski definition) is 3. The lowest BCUT2D eigenvalue weighted by Crippen LogP contribution is -1.99. The summed E-state index contributed by atoms with van der Waals surface area (Å²) in [5, 5.41) is 0. The smallest absolute Gasteiger partial charge is 0.173 e. The van der Waals surface area contributed by atoms with Gasteiger partial charge in [-0.1, -0.05) is 25.1 Å². The highest BCUT2D eigenvalue weighted by molar-refractivity contribution is 5.79. The van der Waals surface area contributed by atoms with E-state index in [9.17, 15) is 9.18 Å². The van der Waals surface area contributed by atoms with Crippen molar-refractivity contribution in [3.05, 3.63) is 53.8 Å². The van der Waals surface area contributed by atoms with Crippen LogP contribution in [0.2, 0.25) is 0 Å². The maximum atomic E-state index is 13.8. The lowest BCUT2D eigenvalue weighted by Gasteiger charge is -2.13. The summed E-state index contributed by atoms with van der Waals surface area (Å²) < 4.78 is 24.8. The molecule has 0 aliphatic carbocycles. The molecule has 0 aliphatic rings. The summed E-state index contributed by atoms with van der Waals surface area (Å²) in [6.45, 7) is 2.53. The first-order valence-corrected chi connectivity index (χ1v) is 6.39. The summed E-state index contributed by atoms with van der Waals surface area (Å²) in [5.74, 6) is 0.235. The van der Waals surface area contributed by atoms with Gasteiger partial charge in [-0.2, -0.15) is 0 Å². The normalized spacial score (nSPS) is 10.1. The Kier molecular flexibility index (Phi) is 4.71. The van der Waals surface area contributed by atoms with Crippen LogP contribution >= 0.6 is 0 Å². The van der Waals surface area contributed by atoms with Crippen LogP contribution in [0.5, 0.6) is 17.2 Å². The van der Waals surface area contributed by atoms with Gasteiger partial charge >= 0.3 is 0 Å². The number of ether oxygens (including phenoxy) is 2. The van der Waals surface area contributed by atoms with E-state index in [-0.39, 0.29) is 11.3 Å². The zero-order valence-electron chi connectivity index (χ0n) is 11.1. The van der Waals surface area contributed by atoms with Gasteiger partial charge in [0.2, 0.25) is 0 Å². The highest BCUT2D eigenvalue weighted by Crippen LogP contribution is 2.34. The number of aldehydes is 1. The van der Waals surface area contributed by atoms with Crippen LogP contribution in [0.25, 0.3) is 0 Å². The van der Waals surface area contributed by atoms with Crippen molar-refractivity contribution in [2.24, 2.45) is 0 Å². The van der Waals surface area contributed by atoms with Crippen molar-refractivity contribution in [2.75, 3.05) is 6.61 Å². The van der Waals surface area contributed by atoms with Gasteiger partial charge in [0.25, 0.3) is 0 Å². The second kappa shape index (κ2) is 6.70. The standard InChI is InChI=1S/C16H15FO3/c1-2-10-19-14-8-3-4-9-15(14)20-16-12(11-18)6-5-7-13(16)17/h3-9,11H,2,10H2,1H3. The van der Waals surface area contributed by atoms with Gasteiger partial charge in [0.05, 0.1) is 12.2 Å². The van der Waals surface area contributed by atoms with Gasteiger partial charge in [-0.05, 0) is 30.7 Å². The van der Waals surface area contributed by atoms with Crippen molar-refractivity contribution in [2.45, 2.75) is 13.3 Å². The van der Waals surface area contributed by atoms with Gasteiger partial charge in [-0.25, -0.2) is 4.39 Å². The molecule has 2 aromatic carbocycles. The number of rotatable bonds is 6. The summed E-state index contributed by atoms with van der Waals surface area (Å²) in [7, 11) is 0. The first-order chi connectivity index (χ1) is 9.76. The lowest BCUT2D eigenvalue weighted by molar-refractivity contribution is 0.112. The number of benzene rings is 2. The fraction of sp³-hybridized carbons (Fsp3) is 0.188. The van der Waals surface area contributed by atoms with Crippen LogP contribution in [0.1, 0.15) is 23.7 Å². The topological polar surface area (TPSA) is 35.5 Å². The molecular formula is C16H15FO3. The molecule has 0 radical (unpaired) electrons. The molecule has 0 fully saturated rings. The molecule has 104 valence electrons. The van der Waals surface area contributed by atoms with Crippen molar-refractivity contribution in [1.29, 1.82) is 0 Å². The van der Waals surface area contributed by atoms with Crippen LogP contribution in [0.3, 0.4) is 0 Å². The first kappa shape index (κ1) is 14.1. The Morgan fingerprint density at radius 3 is 2.55 bits per heavy atom. The average Bonchev–Trinajstić information content (AvgIpc) is 2.48. The molecule has 0 aliphatic heterocycles. The molecule has 0 unspecified atom stereocenters. The molecular weight excluding hydrogens is 259 g/mol. The lowest BCUT2D eigenvalue weighted by atomic mass is 10.2. The fourth-order valence-electron chi connectivity index (χ4n) is 1.70. The van der Waals surface area contributed by atoms with Crippen LogP contribution in [-0.2, 0) is 0 Å². The zero-order chi connectivity index (χ0) is 14.4. The largest absolute Gasteiger partial charge is 0.490 e. The van der Waals surface area contributed by atoms with Crippen LogP contribution in [-0.4, -0.2) is 12.9 Å². The van der Waals surface area contributed by atoms with E-state index in [1.54, 1.807) is 24.3 Å². The van der Waals surface area contributed by atoms with Crippen LogP contribution in [0, 0.1) is 5.82 Å². The second-order valence-electron chi connectivity index (χ2n) is 4.17. The van der Waals surface area contributed by atoms with Crippen LogP contribution in [0.15, 0.2) is 42.5 Å². The third-order valence-electron chi connectivity index (χ3n) is 2.65. The predicted molar refractivity (Wildman–Crippen MR) is 74.1 cm³/mol. The molecule has 2 aromatic rings. The van der Waals surface area contributed by atoms with Crippen molar-refractivity contribution in [1.82, 2.24) is 0 Å². The number of hydrogen-bond donors (Lipinski definition) is 0. The third-order valence-corrected chi connectivity index (χ3v) is 2.65. The van der Waals surface area contributed by atoms with Crippen molar-refractivity contribution < 1.29 is 18.7 Å².